The van der Waals surface area contributed by atoms with E-state index in [2.05, 4.69) is 5.32 Å². The number of benzene rings is 1. The summed E-state index contributed by atoms with van der Waals surface area (Å²) in [6.07, 6.45) is 2.36. The van der Waals surface area contributed by atoms with Gasteiger partial charge in [0.25, 0.3) is 5.91 Å². The monoisotopic (exact) mass is 316 g/mol. The average molecular weight is 316 g/mol. The molecule has 0 aliphatic heterocycles. The molecule has 120 valence electrons. The number of hydrogen-bond acceptors (Lipinski definition) is 5. The number of methoxy groups -OCH3 is 1. The molecule has 7 heteroatoms. The molecule has 1 aromatic carbocycles. The number of carbonyl (C=O) groups excluding carboxylic acids is 2. The lowest BCUT2D eigenvalue weighted by atomic mass is 10.2. The third kappa shape index (κ3) is 4.99. The second kappa shape index (κ2) is 7.79. The fourth-order valence-electron chi connectivity index (χ4n) is 1.76. The van der Waals surface area contributed by atoms with Crippen LogP contribution in [0.2, 0.25) is 0 Å². The Morgan fingerprint density at radius 3 is 2.39 bits per heavy atom. The molecule has 0 spiro atoms. The number of nitrogens with one attached hydrogen (secondary N) is 1. The molecule has 1 heterocycles. The molecular weight excluding hydrogens is 300 g/mol. The minimum atomic E-state index is -0.662. The smallest absolute Gasteiger partial charge is 0.339 e. The van der Waals surface area contributed by atoms with Gasteiger partial charge in [0.15, 0.2) is 19.0 Å². The molecule has 7 nitrogen and oxygen atoms in total. The second-order valence-electron chi connectivity index (χ2n) is 4.65. The van der Waals surface area contributed by atoms with Crippen LogP contribution in [0.5, 0.6) is 5.75 Å². The summed E-state index contributed by atoms with van der Waals surface area (Å²) in [7, 11) is 1.58. The van der Waals surface area contributed by atoms with Crippen molar-refractivity contribution in [2.45, 2.75) is 6.54 Å². The minimum absolute atomic E-state index is 0.208. The first-order chi connectivity index (χ1) is 11.1. The first kappa shape index (κ1) is 16.3. The molecule has 0 bridgehead atoms. The van der Waals surface area contributed by atoms with Crippen LogP contribution in [0.1, 0.15) is 15.9 Å². The first-order valence-electron chi connectivity index (χ1n) is 6.84. The Hall–Kier alpha value is -3.09. The van der Waals surface area contributed by atoms with Gasteiger partial charge in [-0.3, -0.25) is 4.79 Å². The zero-order chi connectivity index (χ0) is 16.7. The number of carbonyl (C=O) groups is 2. The number of nitrogens with zero attached hydrogens (tertiary/aromatic N) is 1. The van der Waals surface area contributed by atoms with E-state index in [0.717, 1.165) is 11.3 Å². The maximum absolute atomic E-state index is 11.7. The molecule has 0 aliphatic rings. The van der Waals surface area contributed by atoms with Gasteiger partial charge in [0.05, 0.1) is 12.7 Å². The molecular formula is C16H16N2O5. The van der Waals surface area contributed by atoms with Crippen LogP contribution in [0, 0.1) is 5.21 Å². The van der Waals surface area contributed by atoms with Crippen LogP contribution in [0.25, 0.3) is 0 Å². The highest BCUT2D eigenvalue weighted by Crippen LogP contribution is 2.10. The van der Waals surface area contributed by atoms with E-state index < -0.39 is 11.9 Å². The fraction of sp³-hybridized carbons (Fsp3) is 0.188. The summed E-state index contributed by atoms with van der Waals surface area (Å²) >= 11 is 0. The standard InChI is InChI=1S/C16H16N2O5/c1-22-14-4-2-12(3-5-14)10-17-15(19)11-23-16(20)13-6-8-18(21)9-7-13/h2-9H,10-11H2,1H3,(H,17,19). The largest absolute Gasteiger partial charge is 0.619 e. The number of rotatable bonds is 6. The van der Waals surface area contributed by atoms with Crippen molar-refractivity contribution in [2.24, 2.45) is 0 Å². The van der Waals surface area contributed by atoms with E-state index in [1.165, 1.54) is 24.5 Å². The number of amides is 1. The van der Waals surface area contributed by atoms with Crippen LogP contribution >= 0.6 is 0 Å². The zero-order valence-electron chi connectivity index (χ0n) is 12.5. The maximum atomic E-state index is 11.7. The van der Waals surface area contributed by atoms with Gasteiger partial charge in [-0.2, -0.15) is 4.73 Å². The number of esters is 1. The predicted octanol–water partition coefficient (Wildman–Crippen LogP) is 0.802. The van der Waals surface area contributed by atoms with Crippen molar-refractivity contribution >= 4 is 11.9 Å². The minimum Gasteiger partial charge on any atom is -0.619 e. The molecule has 0 saturated heterocycles. The second-order valence-corrected chi connectivity index (χ2v) is 4.65. The van der Waals surface area contributed by atoms with Gasteiger partial charge in [0.2, 0.25) is 0 Å². The Kier molecular flexibility index (Phi) is 5.51. The van der Waals surface area contributed by atoms with Crippen molar-refractivity contribution in [3.8, 4) is 5.75 Å². The highest BCUT2D eigenvalue weighted by atomic mass is 16.5. The summed E-state index contributed by atoms with van der Waals surface area (Å²) in [5.74, 6) is -0.342. The van der Waals surface area contributed by atoms with Crippen LogP contribution in [-0.2, 0) is 16.1 Å². The van der Waals surface area contributed by atoms with Gasteiger partial charge in [-0.25, -0.2) is 4.79 Å². The van der Waals surface area contributed by atoms with Gasteiger partial charge in [0.1, 0.15) is 5.75 Å². The fourth-order valence-corrected chi connectivity index (χ4v) is 1.76. The quantitative estimate of drug-likeness (QED) is 0.483. The zero-order valence-corrected chi connectivity index (χ0v) is 12.5. The van der Waals surface area contributed by atoms with E-state index in [4.69, 9.17) is 9.47 Å². The van der Waals surface area contributed by atoms with Crippen LogP contribution < -0.4 is 14.8 Å². The van der Waals surface area contributed by atoms with Gasteiger partial charge in [-0.1, -0.05) is 12.1 Å². The molecule has 1 aromatic heterocycles. The predicted molar refractivity (Wildman–Crippen MR) is 80.5 cm³/mol. The number of ether oxygens (including phenoxy) is 2. The van der Waals surface area contributed by atoms with E-state index in [9.17, 15) is 14.8 Å². The van der Waals surface area contributed by atoms with Crippen LogP contribution in [0.4, 0.5) is 0 Å². The van der Waals surface area contributed by atoms with Crippen LogP contribution in [-0.4, -0.2) is 25.6 Å². The van der Waals surface area contributed by atoms with Crippen molar-refractivity contribution in [1.82, 2.24) is 5.32 Å². The first-order valence-corrected chi connectivity index (χ1v) is 6.84. The van der Waals surface area contributed by atoms with Crippen molar-refractivity contribution in [2.75, 3.05) is 13.7 Å². The molecule has 0 saturated carbocycles. The van der Waals surface area contributed by atoms with Gasteiger partial charge in [0, 0.05) is 18.7 Å². The van der Waals surface area contributed by atoms with Gasteiger partial charge in [-0.05, 0) is 17.7 Å². The van der Waals surface area contributed by atoms with Crippen molar-refractivity contribution in [3.05, 3.63) is 65.1 Å². The molecule has 0 atom stereocenters. The summed E-state index contributed by atoms with van der Waals surface area (Å²) in [6.45, 7) is -0.0663. The molecule has 1 amide bonds. The molecule has 2 aromatic rings. The summed E-state index contributed by atoms with van der Waals surface area (Å²) in [4.78, 5) is 23.3. The Bertz CT molecular complexity index is 668. The Labute approximate surface area is 133 Å². The Morgan fingerprint density at radius 1 is 1.13 bits per heavy atom. The highest BCUT2D eigenvalue weighted by molar-refractivity contribution is 5.91. The van der Waals surface area contributed by atoms with Crippen molar-refractivity contribution in [1.29, 1.82) is 0 Å². The van der Waals surface area contributed by atoms with Gasteiger partial charge in [-0.15, -0.1) is 0 Å². The Balaban J connectivity index is 1.76. The molecule has 0 radical (unpaired) electrons. The lowest BCUT2D eigenvalue weighted by Gasteiger charge is -2.07. The summed E-state index contributed by atoms with van der Waals surface area (Å²) in [6, 6.07) is 9.88. The molecule has 0 unspecified atom stereocenters. The Morgan fingerprint density at radius 2 is 1.78 bits per heavy atom. The molecule has 23 heavy (non-hydrogen) atoms. The SMILES string of the molecule is COc1ccc(CNC(=O)COC(=O)c2cc[n+]([O-])cc2)cc1. The van der Waals surface area contributed by atoms with E-state index in [1.54, 1.807) is 19.2 Å². The van der Waals surface area contributed by atoms with Gasteiger partial charge < -0.3 is 20.0 Å². The highest BCUT2D eigenvalue weighted by Gasteiger charge is 2.11. The third-order valence-corrected chi connectivity index (χ3v) is 3.02. The molecule has 0 aliphatic carbocycles. The lowest BCUT2D eigenvalue weighted by Crippen LogP contribution is -2.29. The summed E-state index contributed by atoms with van der Waals surface area (Å²) in [5.41, 5.74) is 1.11. The number of hydrogen-bond donors (Lipinski definition) is 1. The van der Waals surface area contributed by atoms with E-state index in [-0.39, 0.29) is 12.2 Å². The lowest BCUT2D eigenvalue weighted by molar-refractivity contribution is -0.605. The maximum Gasteiger partial charge on any atom is 0.339 e. The normalized spacial score (nSPS) is 9.96. The van der Waals surface area contributed by atoms with E-state index in [0.29, 0.717) is 11.3 Å². The topological polar surface area (TPSA) is 91.6 Å². The molecule has 1 N–H and O–H groups in total. The summed E-state index contributed by atoms with van der Waals surface area (Å²) < 4.78 is 10.5. The number of aromatic nitrogens is 1. The number of pyridine rings is 1. The molecule has 2 rings (SSSR count). The average Bonchev–Trinajstić information content (AvgIpc) is 2.59. The van der Waals surface area contributed by atoms with E-state index >= 15 is 0 Å². The third-order valence-electron chi connectivity index (χ3n) is 3.02. The van der Waals surface area contributed by atoms with Crippen molar-refractivity contribution < 1.29 is 23.8 Å². The van der Waals surface area contributed by atoms with Crippen LogP contribution in [0.3, 0.4) is 0 Å². The summed E-state index contributed by atoms with van der Waals surface area (Å²) in [5, 5.41) is 13.5. The van der Waals surface area contributed by atoms with Crippen molar-refractivity contribution in [3.63, 3.8) is 0 Å². The van der Waals surface area contributed by atoms with E-state index in [1.807, 2.05) is 12.1 Å². The van der Waals surface area contributed by atoms with Crippen LogP contribution in [0.15, 0.2) is 48.8 Å². The van der Waals surface area contributed by atoms with Gasteiger partial charge >= 0.3 is 5.97 Å². The molecule has 0 fully saturated rings.